The molecule has 10 nitrogen and oxygen atoms in total. The number of amides is 1. The second-order valence-electron chi connectivity index (χ2n) is 9.31. The predicted molar refractivity (Wildman–Crippen MR) is 117 cm³/mol. The Balaban J connectivity index is 1.50. The molecule has 1 amide bonds. The Labute approximate surface area is 188 Å². The number of hydrogen-bond donors (Lipinski definition) is 1. The van der Waals surface area contributed by atoms with E-state index in [0.29, 0.717) is 42.0 Å². The first-order chi connectivity index (χ1) is 15.1. The molecule has 0 saturated heterocycles. The van der Waals surface area contributed by atoms with E-state index in [4.69, 9.17) is 9.47 Å². The third kappa shape index (κ3) is 6.73. The van der Waals surface area contributed by atoms with Crippen molar-refractivity contribution in [1.82, 2.24) is 30.5 Å². The molecule has 10 heteroatoms. The zero-order chi connectivity index (χ0) is 23.3. The van der Waals surface area contributed by atoms with Crippen LogP contribution in [0.4, 0.5) is 4.79 Å². The molecule has 2 heterocycles. The molecule has 1 aliphatic carbocycles. The van der Waals surface area contributed by atoms with Gasteiger partial charge in [0.1, 0.15) is 11.3 Å². The topological polar surface area (TPSA) is 121 Å². The van der Waals surface area contributed by atoms with Crippen LogP contribution in [-0.2, 0) is 16.0 Å². The van der Waals surface area contributed by atoms with E-state index >= 15 is 0 Å². The molecular formula is C22H32N6O4. The largest absolute Gasteiger partial charge is 0.464 e. The van der Waals surface area contributed by atoms with Crippen molar-refractivity contribution in [3.63, 3.8) is 0 Å². The lowest BCUT2D eigenvalue weighted by Crippen LogP contribution is -2.36. The first-order valence-corrected chi connectivity index (χ1v) is 10.9. The molecule has 0 radical (unpaired) electrons. The highest BCUT2D eigenvalue weighted by Gasteiger charge is 2.24. The average molecular weight is 445 g/mol. The summed E-state index contributed by atoms with van der Waals surface area (Å²) in [6, 6.07) is 3.43. The van der Waals surface area contributed by atoms with Gasteiger partial charge in [-0.3, -0.25) is 0 Å². The van der Waals surface area contributed by atoms with Gasteiger partial charge in [0.15, 0.2) is 0 Å². The molecule has 1 N–H and O–H groups in total. The summed E-state index contributed by atoms with van der Waals surface area (Å²) in [6.07, 6.45) is 3.79. The quantitative estimate of drug-likeness (QED) is 0.675. The molecule has 2 aromatic rings. The normalized spacial score (nSPS) is 18.8. The molecule has 0 spiro atoms. The zero-order valence-electron chi connectivity index (χ0n) is 19.4. The Kier molecular flexibility index (Phi) is 7.42. The van der Waals surface area contributed by atoms with Gasteiger partial charge in [-0.1, -0.05) is 0 Å². The summed E-state index contributed by atoms with van der Waals surface area (Å²) in [4.78, 5) is 29.5. The number of hydrogen-bond acceptors (Lipinski definition) is 8. The van der Waals surface area contributed by atoms with Crippen LogP contribution in [0.5, 0.6) is 0 Å². The predicted octanol–water partition coefficient (Wildman–Crippen LogP) is 3.16. The van der Waals surface area contributed by atoms with Gasteiger partial charge in [0.2, 0.25) is 5.82 Å². The van der Waals surface area contributed by atoms with E-state index in [2.05, 4.69) is 25.7 Å². The standard InChI is InChI=1S/C22H32N6O4/c1-14-10-17(11-18(24-14)20(29)31-5)19-25-27-28(26-19)13-16-8-6-15(7-9-16)12-23-21(30)32-22(2,3)4/h10-11,15-16H,6-9,12-13H2,1-5H3,(H,23,30). The number of esters is 1. The van der Waals surface area contributed by atoms with Gasteiger partial charge < -0.3 is 14.8 Å². The lowest BCUT2D eigenvalue weighted by molar-refractivity contribution is 0.0511. The van der Waals surface area contributed by atoms with Crippen LogP contribution in [0.3, 0.4) is 0 Å². The molecule has 0 atom stereocenters. The van der Waals surface area contributed by atoms with Crippen molar-refractivity contribution in [3.8, 4) is 11.4 Å². The molecule has 0 bridgehead atoms. The van der Waals surface area contributed by atoms with E-state index < -0.39 is 11.6 Å². The summed E-state index contributed by atoms with van der Waals surface area (Å²) in [6.45, 7) is 8.70. The van der Waals surface area contributed by atoms with Gasteiger partial charge in [-0.15, -0.1) is 10.2 Å². The molecule has 1 fully saturated rings. The molecule has 2 aromatic heterocycles. The third-order valence-corrected chi connectivity index (χ3v) is 5.38. The van der Waals surface area contributed by atoms with Gasteiger partial charge in [-0.25, -0.2) is 14.6 Å². The van der Waals surface area contributed by atoms with E-state index in [1.807, 2.05) is 26.8 Å². The Morgan fingerprint density at radius 1 is 1.16 bits per heavy atom. The lowest BCUT2D eigenvalue weighted by atomic mass is 9.82. The molecule has 1 aliphatic rings. The minimum Gasteiger partial charge on any atom is -0.464 e. The molecule has 0 aliphatic heterocycles. The Morgan fingerprint density at radius 3 is 2.50 bits per heavy atom. The van der Waals surface area contributed by atoms with Crippen molar-refractivity contribution < 1.29 is 19.1 Å². The van der Waals surface area contributed by atoms with Gasteiger partial charge in [0.25, 0.3) is 0 Å². The minimum atomic E-state index is -0.500. The molecule has 0 unspecified atom stereocenters. The first kappa shape index (κ1) is 23.6. The van der Waals surface area contributed by atoms with E-state index in [1.54, 1.807) is 17.8 Å². The van der Waals surface area contributed by atoms with Crippen molar-refractivity contribution >= 4 is 12.1 Å². The number of tetrazole rings is 1. The van der Waals surface area contributed by atoms with E-state index in [0.717, 1.165) is 25.7 Å². The van der Waals surface area contributed by atoms with Crippen LogP contribution in [0.2, 0.25) is 0 Å². The fraction of sp³-hybridized carbons (Fsp3) is 0.636. The number of nitrogens with one attached hydrogen (secondary N) is 1. The summed E-state index contributed by atoms with van der Waals surface area (Å²) >= 11 is 0. The highest BCUT2D eigenvalue weighted by atomic mass is 16.6. The van der Waals surface area contributed by atoms with Crippen molar-refractivity contribution in [2.75, 3.05) is 13.7 Å². The number of aromatic nitrogens is 5. The third-order valence-electron chi connectivity index (χ3n) is 5.38. The monoisotopic (exact) mass is 444 g/mol. The maximum Gasteiger partial charge on any atom is 0.407 e. The van der Waals surface area contributed by atoms with Crippen LogP contribution < -0.4 is 5.32 Å². The molecule has 174 valence electrons. The van der Waals surface area contributed by atoms with Crippen molar-refractivity contribution in [1.29, 1.82) is 0 Å². The number of carbonyl (C=O) groups excluding carboxylic acids is 2. The summed E-state index contributed by atoms with van der Waals surface area (Å²) < 4.78 is 10.1. The SMILES string of the molecule is COC(=O)c1cc(-c2nnn(CC3CCC(CNC(=O)OC(C)(C)C)CC3)n2)cc(C)n1. The van der Waals surface area contributed by atoms with Crippen molar-refractivity contribution in [3.05, 3.63) is 23.5 Å². The Bertz CT molecular complexity index is 944. The smallest absolute Gasteiger partial charge is 0.407 e. The van der Waals surface area contributed by atoms with Crippen LogP contribution in [0.15, 0.2) is 12.1 Å². The fourth-order valence-electron chi connectivity index (χ4n) is 3.83. The van der Waals surface area contributed by atoms with Gasteiger partial charge in [0, 0.05) is 17.8 Å². The molecule has 3 rings (SSSR count). The molecule has 32 heavy (non-hydrogen) atoms. The fourth-order valence-corrected chi connectivity index (χ4v) is 3.83. The van der Waals surface area contributed by atoms with Gasteiger partial charge >= 0.3 is 12.1 Å². The van der Waals surface area contributed by atoms with Gasteiger partial charge in [-0.05, 0) is 82.6 Å². The number of methoxy groups -OCH3 is 1. The number of aryl methyl sites for hydroxylation is 1. The molecule has 1 saturated carbocycles. The summed E-state index contributed by atoms with van der Waals surface area (Å²) in [5.41, 5.74) is 1.09. The highest BCUT2D eigenvalue weighted by Crippen LogP contribution is 2.29. The van der Waals surface area contributed by atoms with Gasteiger partial charge in [0.05, 0.1) is 13.7 Å². The minimum absolute atomic E-state index is 0.220. The second-order valence-corrected chi connectivity index (χ2v) is 9.31. The molecular weight excluding hydrogens is 412 g/mol. The van der Waals surface area contributed by atoms with Gasteiger partial charge in [-0.2, -0.15) is 4.80 Å². The second kappa shape index (κ2) is 10.1. The number of rotatable bonds is 6. The number of alkyl carbamates (subject to hydrolysis) is 1. The number of nitrogens with zero attached hydrogens (tertiary/aromatic N) is 5. The number of pyridine rings is 1. The number of carbonyl (C=O) groups is 2. The van der Waals surface area contributed by atoms with E-state index in [9.17, 15) is 9.59 Å². The Morgan fingerprint density at radius 2 is 1.84 bits per heavy atom. The molecule has 0 aromatic carbocycles. The zero-order valence-corrected chi connectivity index (χ0v) is 19.4. The van der Waals surface area contributed by atoms with Crippen LogP contribution in [0.25, 0.3) is 11.4 Å². The summed E-state index contributed by atoms with van der Waals surface area (Å²) in [7, 11) is 1.32. The average Bonchev–Trinajstić information content (AvgIpc) is 3.19. The maximum atomic E-state index is 11.8. The van der Waals surface area contributed by atoms with Crippen LogP contribution >= 0.6 is 0 Å². The maximum absolute atomic E-state index is 11.8. The highest BCUT2D eigenvalue weighted by molar-refractivity contribution is 5.88. The summed E-state index contributed by atoms with van der Waals surface area (Å²) in [5, 5.41) is 15.7. The van der Waals surface area contributed by atoms with E-state index in [-0.39, 0.29) is 11.8 Å². The van der Waals surface area contributed by atoms with Crippen molar-refractivity contribution in [2.45, 2.75) is 65.5 Å². The first-order valence-electron chi connectivity index (χ1n) is 10.9. The van der Waals surface area contributed by atoms with Crippen LogP contribution in [-0.4, -0.2) is 56.5 Å². The summed E-state index contributed by atoms with van der Waals surface area (Å²) in [5.74, 6) is 0.866. The Hall–Kier alpha value is -3.04. The number of ether oxygens (including phenoxy) is 2. The van der Waals surface area contributed by atoms with Crippen molar-refractivity contribution in [2.24, 2.45) is 11.8 Å². The lowest BCUT2D eigenvalue weighted by Gasteiger charge is -2.28. The van der Waals surface area contributed by atoms with Crippen LogP contribution in [0, 0.1) is 18.8 Å². The van der Waals surface area contributed by atoms with Crippen LogP contribution in [0.1, 0.15) is 62.6 Å². The van der Waals surface area contributed by atoms with E-state index in [1.165, 1.54) is 7.11 Å².